The Morgan fingerprint density at radius 2 is 1.93 bits per heavy atom. The van der Waals surface area contributed by atoms with Crippen molar-refractivity contribution in [3.05, 3.63) is 23.2 Å². The molecule has 1 saturated heterocycles. The lowest BCUT2D eigenvalue weighted by molar-refractivity contribution is 0.589. The lowest BCUT2D eigenvalue weighted by atomic mass is 10.2. The Bertz CT molecular complexity index is 324. The van der Waals surface area contributed by atoms with Gasteiger partial charge in [-0.1, -0.05) is 11.6 Å². The molecule has 0 aliphatic carbocycles. The van der Waals surface area contributed by atoms with Gasteiger partial charge in [-0.05, 0) is 18.2 Å². The largest absolute Gasteiger partial charge is 0.399 e. The Morgan fingerprint density at radius 1 is 1.27 bits per heavy atom. The van der Waals surface area contributed by atoms with E-state index < -0.39 is 0 Å². The molecule has 3 N–H and O–H groups in total. The lowest BCUT2D eigenvalue weighted by Crippen LogP contribution is -2.43. The van der Waals surface area contributed by atoms with Gasteiger partial charge in [-0.3, -0.25) is 0 Å². The molecule has 0 spiro atoms. The zero-order chi connectivity index (χ0) is 9.97. The number of hydrogen-bond donors (Lipinski definition) is 2. The summed E-state index contributed by atoms with van der Waals surface area (Å²) in [5, 5.41) is 4.05. The van der Waals surface area contributed by atoms with E-state index in [1.54, 1.807) is 6.07 Å². The molecule has 1 aliphatic rings. The monoisotopic (exact) mass is 247 g/mol. The van der Waals surface area contributed by atoms with Crippen LogP contribution in [0.5, 0.6) is 0 Å². The summed E-state index contributed by atoms with van der Waals surface area (Å²) in [4.78, 5) is 2.28. The van der Waals surface area contributed by atoms with Gasteiger partial charge in [0.25, 0.3) is 0 Å². The fourth-order valence-corrected chi connectivity index (χ4v) is 1.99. The molecule has 1 aromatic rings. The van der Waals surface area contributed by atoms with Crippen LogP contribution in [-0.2, 0) is 0 Å². The molecule has 84 valence electrons. The third-order valence-corrected chi connectivity index (χ3v) is 2.73. The minimum absolute atomic E-state index is 0. The van der Waals surface area contributed by atoms with Crippen LogP contribution in [-0.4, -0.2) is 26.2 Å². The van der Waals surface area contributed by atoms with E-state index in [2.05, 4.69) is 10.2 Å². The predicted octanol–water partition coefficient (Wildman–Crippen LogP) is 1.75. The average molecular weight is 248 g/mol. The Morgan fingerprint density at radius 3 is 2.53 bits per heavy atom. The van der Waals surface area contributed by atoms with Crippen molar-refractivity contribution in [2.24, 2.45) is 0 Å². The van der Waals surface area contributed by atoms with Crippen LogP contribution in [0.15, 0.2) is 18.2 Å². The van der Waals surface area contributed by atoms with Crippen LogP contribution in [0, 0.1) is 0 Å². The highest BCUT2D eigenvalue weighted by molar-refractivity contribution is 6.33. The van der Waals surface area contributed by atoms with Gasteiger partial charge in [-0.2, -0.15) is 0 Å². The van der Waals surface area contributed by atoms with Crippen molar-refractivity contribution in [2.45, 2.75) is 0 Å². The standard InChI is InChI=1S/C10H14ClN3.ClH/c11-9-7-8(12)1-2-10(9)14-5-3-13-4-6-14;/h1-2,7,13H,3-6,12H2;1H. The minimum atomic E-state index is 0. The second-order valence-electron chi connectivity index (χ2n) is 3.45. The third kappa shape index (κ3) is 2.91. The number of nitrogens with zero attached hydrogens (tertiary/aromatic N) is 1. The molecule has 1 aliphatic heterocycles. The van der Waals surface area contributed by atoms with Crippen molar-refractivity contribution in [1.29, 1.82) is 0 Å². The van der Waals surface area contributed by atoms with Crippen LogP contribution >= 0.6 is 24.0 Å². The van der Waals surface area contributed by atoms with E-state index in [9.17, 15) is 0 Å². The van der Waals surface area contributed by atoms with E-state index in [0.29, 0.717) is 5.69 Å². The second-order valence-corrected chi connectivity index (χ2v) is 3.86. The van der Waals surface area contributed by atoms with Crippen LogP contribution in [0.3, 0.4) is 0 Å². The smallest absolute Gasteiger partial charge is 0.0660 e. The molecule has 2 rings (SSSR count). The maximum absolute atomic E-state index is 6.12. The highest BCUT2D eigenvalue weighted by atomic mass is 35.5. The summed E-state index contributed by atoms with van der Waals surface area (Å²) in [6, 6.07) is 5.69. The molecule has 1 aromatic carbocycles. The van der Waals surface area contributed by atoms with E-state index in [4.69, 9.17) is 17.3 Å². The van der Waals surface area contributed by atoms with Crippen LogP contribution in [0.25, 0.3) is 0 Å². The van der Waals surface area contributed by atoms with Gasteiger partial charge in [0, 0.05) is 31.9 Å². The number of hydrogen-bond acceptors (Lipinski definition) is 3. The number of halogens is 2. The summed E-state index contributed by atoms with van der Waals surface area (Å²) < 4.78 is 0. The Labute approximate surface area is 101 Å². The summed E-state index contributed by atoms with van der Waals surface area (Å²) >= 11 is 6.12. The van der Waals surface area contributed by atoms with Gasteiger partial charge in [0.1, 0.15) is 0 Å². The molecule has 0 aromatic heterocycles. The van der Waals surface area contributed by atoms with E-state index in [1.807, 2.05) is 12.1 Å². The molecule has 3 nitrogen and oxygen atoms in total. The molecule has 1 heterocycles. The Kier molecular flexibility index (Phi) is 4.51. The first-order valence-corrected chi connectivity index (χ1v) is 5.16. The van der Waals surface area contributed by atoms with Crippen molar-refractivity contribution in [2.75, 3.05) is 36.8 Å². The van der Waals surface area contributed by atoms with Crippen molar-refractivity contribution in [1.82, 2.24) is 5.32 Å². The quantitative estimate of drug-likeness (QED) is 0.744. The second kappa shape index (κ2) is 5.45. The first-order valence-electron chi connectivity index (χ1n) is 4.78. The Hall–Kier alpha value is -0.640. The van der Waals surface area contributed by atoms with E-state index in [0.717, 1.165) is 36.9 Å². The molecule has 5 heteroatoms. The molecule has 0 radical (unpaired) electrons. The highest BCUT2D eigenvalue weighted by Gasteiger charge is 2.12. The molecular weight excluding hydrogens is 233 g/mol. The van der Waals surface area contributed by atoms with E-state index >= 15 is 0 Å². The number of anilines is 2. The molecule has 15 heavy (non-hydrogen) atoms. The summed E-state index contributed by atoms with van der Waals surface area (Å²) in [7, 11) is 0. The van der Waals surface area contributed by atoms with Gasteiger partial charge in [0.2, 0.25) is 0 Å². The maximum atomic E-state index is 6.12. The lowest BCUT2D eigenvalue weighted by Gasteiger charge is -2.30. The normalized spacial score (nSPS) is 15.9. The number of nitrogens with two attached hydrogens (primary N) is 1. The first kappa shape index (κ1) is 12.4. The number of rotatable bonds is 1. The maximum Gasteiger partial charge on any atom is 0.0660 e. The molecular formula is C10H15Cl2N3. The molecule has 0 unspecified atom stereocenters. The fourth-order valence-electron chi connectivity index (χ4n) is 1.69. The van der Waals surface area contributed by atoms with Gasteiger partial charge >= 0.3 is 0 Å². The molecule has 1 fully saturated rings. The van der Waals surface area contributed by atoms with E-state index in [-0.39, 0.29) is 12.4 Å². The van der Waals surface area contributed by atoms with Crippen molar-refractivity contribution < 1.29 is 0 Å². The van der Waals surface area contributed by atoms with Gasteiger partial charge in [-0.25, -0.2) is 0 Å². The fraction of sp³-hybridized carbons (Fsp3) is 0.400. The number of piperazine rings is 1. The van der Waals surface area contributed by atoms with Crippen LogP contribution < -0.4 is 16.0 Å². The van der Waals surface area contributed by atoms with Crippen molar-refractivity contribution in [3.63, 3.8) is 0 Å². The number of nitrogen functional groups attached to an aromatic ring is 1. The number of benzene rings is 1. The predicted molar refractivity (Wildman–Crippen MR) is 68.2 cm³/mol. The van der Waals surface area contributed by atoms with E-state index in [1.165, 1.54) is 0 Å². The highest BCUT2D eigenvalue weighted by Crippen LogP contribution is 2.27. The topological polar surface area (TPSA) is 41.3 Å². The molecule has 0 saturated carbocycles. The summed E-state index contributed by atoms with van der Waals surface area (Å²) in [6.45, 7) is 4.04. The summed E-state index contributed by atoms with van der Waals surface area (Å²) in [5.74, 6) is 0. The molecule has 0 bridgehead atoms. The third-order valence-electron chi connectivity index (χ3n) is 2.43. The van der Waals surface area contributed by atoms with Crippen molar-refractivity contribution >= 4 is 35.4 Å². The zero-order valence-corrected chi connectivity index (χ0v) is 9.94. The zero-order valence-electron chi connectivity index (χ0n) is 8.37. The van der Waals surface area contributed by atoms with Crippen molar-refractivity contribution in [3.8, 4) is 0 Å². The number of nitrogens with one attached hydrogen (secondary N) is 1. The van der Waals surface area contributed by atoms with Gasteiger partial charge in [0.05, 0.1) is 10.7 Å². The van der Waals surface area contributed by atoms with Crippen LogP contribution in [0.2, 0.25) is 5.02 Å². The van der Waals surface area contributed by atoms with Gasteiger partial charge < -0.3 is 16.0 Å². The van der Waals surface area contributed by atoms with Gasteiger partial charge in [0.15, 0.2) is 0 Å². The summed E-state index contributed by atoms with van der Waals surface area (Å²) in [6.07, 6.45) is 0. The Balaban J connectivity index is 0.00000112. The minimum Gasteiger partial charge on any atom is -0.399 e. The van der Waals surface area contributed by atoms with Crippen LogP contribution in [0.4, 0.5) is 11.4 Å². The summed E-state index contributed by atoms with van der Waals surface area (Å²) in [5.41, 5.74) is 7.44. The molecule has 0 amide bonds. The average Bonchev–Trinajstić information content (AvgIpc) is 2.19. The SMILES string of the molecule is Cl.Nc1ccc(N2CCNCC2)c(Cl)c1. The molecule has 0 atom stereocenters. The van der Waals surface area contributed by atoms with Gasteiger partial charge in [-0.15, -0.1) is 12.4 Å². The first-order chi connectivity index (χ1) is 6.77. The van der Waals surface area contributed by atoms with Crippen LogP contribution in [0.1, 0.15) is 0 Å².